The summed E-state index contributed by atoms with van der Waals surface area (Å²) in [4.78, 5) is 21.3. The van der Waals surface area contributed by atoms with Gasteiger partial charge in [0.2, 0.25) is 5.70 Å². The third-order valence-corrected chi connectivity index (χ3v) is 4.54. The number of allylic oxidation sites excluding steroid dienone is 1. The molecule has 0 amide bonds. The molecule has 2 heterocycles. The number of hydrogen-bond donors (Lipinski definition) is 1. The highest BCUT2D eigenvalue weighted by Crippen LogP contribution is 2.18. The molecule has 2 unspecified atom stereocenters. The van der Waals surface area contributed by atoms with Gasteiger partial charge in [-0.3, -0.25) is 19.3 Å². The van der Waals surface area contributed by atoms with Crippen molar-refractivity contribution in [3.8, 4) is 0 Å². The number of aromatic nitrogens is 2. The van der Waals surface area contributed by atoms with Crippen molar-refractivity contribution in [2.24, 2.45) is 4.99 Å². The Morgan fingerprint density at radius 3 is 3.09 bits per heavy atom. The second kappa shape index (κ2) is 5.76. The second-order valence-corrected chi connectivity index (χ2v) is 6.20. The van der Waals surface area contributed by atoms with Crippen LogP contribution in [0.2, 0.25) is 0 Å². The molecule has 114 valence electrons. The van der Waals surface area contributed by atoms with E-state index in [9.17, 15) is 18.7 Å². The van der Waals surface area contributed by atoms with E-state index in [-0.39, 0.29) is 23.0 Å². The van der Waals surface area contributed by atoms with Crippen molar-refractivity contribution >= 4 is 28.0 Å². The number of nitro groups is 1. The summed E-state index contributed by atoms with van der Waals surface area (Å²) < 4.78 is 25.4. The van der Waals surface area contributed by atoms with Gasteiger partial charge in [-0.15, -0.1) is 0 Å². The van der Waals surface area contributed by atoms with E-state index in [2.05, 4.69) is 15.0 Å². The molecule has 1 N–H and O–H groups in total. The molecule has 0 spiro atoms. The van der Waals surface area contributed by atoms with Gasteiger partial charge in [-0.1, -0.05) is 0 Å². The van der Waals surface area contributed by atoms with Gasteiger partial charge in [-0.05, 0) is 18.2 Å². The average molecular weight is 322 g/mol. The molecule has 9 heteroatoms. The zero-order chi connectivity index (χ0) is 15.7. The normalized spacial score (nSPS) is 19.1. The number of rotatable bonds is 4. The van der Waals surface area contributed by atoms with Crippen LogP contribution in [0, 0.1) is 15.9 Å². The SMILES string of the molecule is O=[N+]([O-])C1=CC=NC(CS(=O)c2nc3ccc(F)cc3[nH]2)C1. The number of aromatic amines is 1. The van der Waals surface area contributed by atoms with Crippen molar-refractivity contribution in [2.45, 2.75) is 17.6 Å². The Morgan fingerprint density at radius 2 is 2.32 bits per heavy atom. The van der Waals surface area contributed by atoms with Crippen molar-refractivity contribution in [3.63, 3.8) is 0 Å². The lowest BCUT2D eigenvalue weighted by Gasteiger charge is -2.12. The minimum absolute atomic E-state index is 0.0451. The molecule has 0 saturated heterocycles. The molecule has 1 aliphatic heterocycles. The first-order valence-corrected chi connectivity index (χ1v) is 7.75. The molecule has 2 atom stereocenters. The van der Waals surface area contributed by atoms with E-state index in [1.807, 2.05) is 0 Å². The number of nitrogens with zero attached hydrogens (tertiary/aromatic N) is 3. The van der Waals surface area contributed by atoms with Gasteiger partial charge in [0.25, 0.3) is 0 Å². The summed E-state index contributed by atoms with van der Waals surface area (Å²) >= 11 is 0. The fourth-order valence-corrected chi connectivity index (χ4v) is 3.31. The number of hydrogen-bond acceptors (Lipinski definition) is 5. The highest BCUT2D eigenvalue weighted by Gasteiger charge is 2.24. The van der Waals surface area contributed by atoms with Gasteiger partial charge < -0.3 is 4.98 Å². The Kier molecular flexibility index (Phi) is 3.80. The summed E-state index contributed by atoms with van der Waals surface area (Å²) in [5.74, 6) is -0.296. The fraction of sp³-hybridized carbons (Fsp3) is 0.231. The van der Waals surface area contributed by atoms with E-state index in [4.69, 9.17) is 0 Å². The predicted molar refractivity (Wildman–Crippen MR) is 79.3 cm³/mol. The molecule has 0 saturated carbocycles. The Morgan fingerprint density at radius 1 is 1.50 bits per heavy atom. The minimum Gasteiger partial charge on any atom is -0.331 e. The molecule has 3 rings (SSSR count). The van der Waals surface area contributed by atoms with Crippen molar-refractivity contribution in [2.75, 3.05) is 5.75 Å². The van der Waals surface area contributed by atoms with Crippen LogP contribution in [0.1, 0.15) is 6.42 Å². The van der Waals surface area contributed by atoms with Gasteiger partial charge in [-0.25, -0.2) is 9.37 Å². The second-order valence-electron chi connectivity index (χ2n) is 4.79. The maximum atomic E-state index is 13.1. The Balaban J connectivity index is 1.75. The molecule has 1 aromatic carbocycles. The molecular weight excluding hydrogens is 311 g/mol. The number of nitrogens with one attached hydrogen (secondary N) is 1. The van der Waals surface area contributed by atoms with Crippen molar-refractivity contribution in [1.82, 2.24) is 9.97 Å². The van der Waals surface area contributed by atoms with Crippen molar-refractivity contribution < 1.29 is 13.5 Å². The van der Waals surface area contributed by atoms with Crippen LogP contribution in [0.25, 0.3) is 11.0 Å². The first-order valence-electron chi connectivity index (χ1n) is 6.43. The number of aliphatic imine (C=N–C) groups is 1. The van der Waals surface area contributed by atoms with Crippen LogP contribution in [-0.2, 0) is 10.8 Å². The van der Waals surface area contributed by atoms with Gasteiger partial charge in [0, 0.05) is 12.3 Å². The van der Waals surface area contributed by atoms with E-state index in [0.717, 1.165) is 0 Å². The summed E-state index contributed by atoms with van der Waals surface area (Å²) in [6, 6.07) is 3.61. The number of dihydropyridines is 1. The third kappa shape index (κ3) is 2.93. The molecule has 1 aromatic heterocycles. The van der Waals surface area contributed by atoms with E-state index in [1.165, 1.54) is 30.5 Å². The number of H-pyrrole nitrogens is 1. The minimum atomic E-state index is -1.50. The van der Waals surface area contributed by atoms with Crippen molar-refractivity contribution in [3.05, 3.63) is 45.9 Å². The Hall–Kier alpha value is -2.42. The lowest BCUT2D eigenvalue weighted by molar-refractivity contribution is -0.428. The van der Waals surface area contributed by atoms with Crippen LogP contribution in [0.3, 0.4) is 0 Å². The highest BCUT2D eigenvalue weighted by molar-refractivity contribution is 7.84. The van der Waals surface area contributed by atoms with Gasteiger partial charge >= 0.3 is 0 Å². The maximum absolute atomic E-state index is 13.1. The molecule has 2 aromatic rings. The van der Waals surface area contributed by atoms with Crippen LogP contribution < -0.4 is 0 Å². The standard InChI is InChI=1S/C13H11FN4O3S/c14-8-1-2-11-12(5-8)17-13(16-11)22(21)7-9-6-10(18(19)20)3-4-15-9/h1-5,9H,6-7H2,(H,16,17). The topological polar surface area (TPSA) is 101 Å². The van der Waals surface area contributed by atoms with Crippen LogP contribution in [0.4, 0.5) is 4.39 Å². The predicted octanol–water partition coefficient (Wildman–Crippen LogP) is 1.81. The monoisotopic (exact) mass is 322 g/mol. The summed E-state index contributed by atoms with van der Waals surface area (Å²) in [5, 5.41) is 11.0. The fourth-order valence-electron chi connectivity index (χ4n) is 2.17. The van der Waals surface area contributed by atoms with Crippen LogP contribution >= 0.6 is 0 Å². The van der Waals surface area contributed by atoms with E-state index < -0.39 is 27.6 Å². The lowest BCUT2D eigenvalue weighted by atomic mass is 10.1. The van der Waals surface area contributed by atoms with Gasteiger partial charge in [0.1, 0.15) is 5.82 Å². The van der Waals surface area contributed by atoms with Gasteiger partial charge in [0.15, 0.2) is 5.16 Å². The van der Waals surface area contributed by atoms with Crippen LogP contribution in [0.5, 0.6) is 0 Å². The Bertz CT molecular complexity index is 830. The molecule has 0 radical (unpaired) electrons. The van der Waals surface area contributed by atoms with Crippen LogP contribution in [0.15, 0.2) is 40.1 Å². The molecule has 0 fully saturated rings. The molecule has 0 bridgehead atoms. The average Bonchev–Trinajstić information content (AvgIpc) is 2.90. The largest absolute Gasteiger partial charge is 0.331 e. The number of halogens is 1. The first kappa shape index (κ1) is 14.5. The molecule has 7 nitrogen and oxygen atoms in total. The Labute approximate surface area is 126 Å². The molecular formula is C13H11FN4O3S. The van der Waals surface area contributed by atoms with Gasteiger partial charge in [-0.2, -0.15) is 0 Å². The molecule has 1 aliphatic rings. The first-order chi connectivity index (χ1) is 10.5. The maximum Gasteiger partial charge on any atom is 0.249 e. The summed E-state index contributed by atoms with van der Waals surface area (Å²) in [5.41, 5.74) is 1.02. The van der Waals surface area contributed by atoms with Crippen LogP contribution in [-0.4, -0.2) is 37.1 Å². The number of benzene rings is 1. The number of imidazole rings is 1. The highest BCUT2D eigenvalue weighted by atomic mass is 32.2. The summed E-state index contributed by atoms with van der Waals surface area (Å²) in [7, 11) is -1.50. The quantitative estimate of drug-likeness (QED) is 0.685. The van der Waals surface area contributed by atoms with Gasteiger partial charge in [0.05, 0.1) is 45.0 Å². The van der Waals surface area contributed by atoms with E-state index >= 15 is 0 Å². The number of fused-ring (bicyclic) bond motifs is 1. The third-order valence-electron chi connectivity index (χ3n) is 3.22. The summed E-state index contributed by atoms with van der Waals surface area (Å²) in [6.07, 6.45) is 2.82. The smallest absolute Gasteiger partial charge is 0.249 e. The lowest BCUT2D eigenvalue weighted by Crippen LogP contribution is -2.21. The molecule has 0 aliphatic carbocycles. The summed E-state index contributed by atoms with van der Waals surface area (Å²) in [6.45, 7) is 0. The zero-order valence-corrected chi connectivity index (χ0v) is 12.0. The van der Waals surface area contributed by atoms with E-state index in [0.29, 0.717) is 11.0 Å². The van der Waals surface area contributed by atoms with E-state index in [1.54, 1.807) is 0 Å². The van der Waals surface area contributed by atoms with Crippen molar-refractivity contribution in [1.29, 1.82) is 0 Å². The zero-order valence-electron chi connectivity index (χ0n) is 11.2. The molecule has 22 heavy (non-hydrogen) atoms.